The molecule has 2 heterocycles. The smallest absolute Gasteiger partial charge is 0.547 e. The first-order valence-electron chi connectivity index (χ1n) is 6.08. The van der Waals surface area contributed by atoms with E-state index in [2.05, 4.69) is 0 Å². The van der Waals surface area contributed by atoms with Gasteiger partial charge in [-0.05, 0) is 27.7 Å². The predicted octanol–water partition coefficient (Wildman–Crippen LogP) is -2.23. The molecule has 0 bridgehead atoms. The van der Waals surface area contributed by atoms with Crippen LogP contribution < -0.4 is 10.2 Å². The summed E-state index contributed by atoms with van der Waals surface area (Å²) in [5.41, 5.74) is 0. The van der Waals surface area contributed by atoms with Crippen molar-refractivity contribution in [2.75, 3.05) is 13.2 Å². The largest absolute Gasteiger partial charge is 2.00 e. The van der Waals surface area contributed by atoms with Crippen molar-refractivity contribution in [3.8, 4) is 0 Å². The van der Waals surface area contributed by atoms with Gasteiger partial charge in [0.25, 0.3) is 0 Å². The average Bonchev–Trinajstić information content (AvgIpc) is 2.82. The van der Waals surface area contributed by atoms with Gasteiger partial charge in [-0.25, -0.2) is 0 Å². The van der Waals surface area contributed by atoms with Crippen LogP contribution in [-0.2, 0) is 48.0 Å². The third kappa shape index (κ3) is 6.80. The number of hydrogen-bond donors (Lipinski definition) is 0. The second kappa shape index (κ2) is 7.60. The van der Waals surface area contributed by atoms with E-state index in [9.17, 15) is 19.8 Å². The molecular weight excluding hydrogens is 338 g/mol. The summed E-state index contributed by atoms with van der Waals surface area (Å²) in [5, 5.41) is 20.3. The van der Waals surface area contributed by atoms with E-state index >= 15 is 0 Å². The van der Waals surface area contributed by atoms with Crippen LogP contribution in [0.25, 0.3) is 0 Å². The van der Waals surface area contributed by atoms with Crippen molar-refractivity contribution in [3.63, 3.8) is 0 Å². The molecule has 0 spiro atoms. The number of aliphatic carboxylic acids is 2. The minimum Gasteiger partial charge on any atom is -0.547 e. The zero-order valence-corrected chi connectivity index (χ0v) is 15.5. The fraction of sp³-hybridized carbons (Fsp3) is 0.833. The van der Waals surface area contributed by atoms with Gasteiger partial charge in [-0.15, -0.1) is 0 Å². The van der Waals surface area contributed by atoms with Crippen LogP contribution in [0.3, 0.4) is 0 Å². The molecule has 9 heteroatoms. The molecule has 2 fully saturated rings. The van der Waals surface area contributed by atoms with E-state index < -0.39 is 35.7 Å². The van der Waals surface area contributed by atoms with Gasteiger partial charge < -0.3 is 38.7 Å². The average molecular weight is 356 g/mol. The third-order valence-electron chi connectivity index (χ3n) is 2.54. The molecule has 0 amide bonds. The maximum atomic E-state index is 10.2. The van der Waals surface area contributed by atoms with E-state index in [1.807, 2.05) is 0 Å². The monoisotopic (exact) mass is 354 g/mol. The fourth-order valence-electron chi connectivity index (χ4n) is 1.61. The fourth-order valence-corrected chi connectivity index (χ4v) is 1.61. The first kappa shape index (κ1) is 20.4. The van der Waals surface area contributed by atoms with Crippen LogP contribution in [0.4, 0.5) is 0 Å². The SMILES string of the molecule is CC1(C)OCC(C(=O)[O-])O1.CC1(C)OCC(C(=O)[O-])O1.[Zn+2]. The topological polar surface area (TPSA) is 117 Å². The van der Waals surface area contributed by atoms with Gasteiger partial charge in [0.2, 0.25) is 0 Å². The zero-order valence-electron chi connectivity index (χ0n) is 12.5. The number of carbonyl (C=O) groups excluding carboxylic acids is 2. The number of carboxylic acids is 2. The number of carbonyl (C=O) groups is 2. The molecule has 0 aromatic rings. The molecule has 2 saturated heterocycles. The Bertz CT molecular complexity index is 345. The van der Waals surface area contributed by atoms with Crippen LogP contribution in [0.1, 0.15) is 27.7 Å². The second-order valence-electron chi connectivity index (χ2n) is 5.27. The first-order valence-corrected chi connectivity index (χ1v) is 6.08. The molecule has 2 rings (SSSR count). The van der Waals surface area contributed by atoms with Crippen LogP contribution in [0.2, 0.25) is 0 Å². The first-order chi connectivity index (χ1) is 9.02. The molecule has 0 radical (unpaired) electrons. The van der Waals surface area contributed by atoms with E-state index in [1.165, 1.54) is 0 Å². The Morgan fingerprint density at radius 2 is 1.14 bits per heavy atom. The molecule has 21 heavy (non-hydrogen) atoms. The van der Waals surface area contributed by atoms with Crippen molar-refractivity contribution < 1.29 is 58.2 Å². The van der Waals surface area contributed by atoms with Gasteiger partial charge in [0.05, 0.1) is 25.2 Å². The Balaban J connectivity index is 0.000000364. The summed E-state index contributed by atoms with van der Waals surface area (Å²) in [7, 11) is 0. The van der Waals surface area contributed by atoms with Gasteiger partial charge in [0.15, 0.2) is 11.6 Å². The van der Waals surface area contributed by atoms with Crippen molar-refractivity contribution in [3.05, 3.63) is 0 Å². The van der Waals surface area contributed by atoms with Gasteiger partial charge in [0.1, 0.15) is 12.2 Å². The van der Waals surface area contributed by atoms with Gasteiger partial charge in [-0.3, -0.25) is 0 Å². The van der Waals surface area contributed by atoms with Crippen LogP contribution >= 0.6 is 0 Å². The predicted molar refractivity (Wildman–Crippen MR) is 59.8 cm³/mol. The molecule has 2 atom stereocenters. The van der Waals surface area contributed by atoms with Crippen molar-refractivity contribution in [2.45, 2.75) is 51.5 Å². The molecule has 116 valence electrons. The summed E-state index contributed by atoms with van der Waals surface area (Å²) in [6.07, 6.45) is -1.81. The Morgan fingerprint density at radius 3 is 1.24 bits per heavy atom. The van der Waals surface area contributed by atoms with Crippen LogP contribution in [0.5, 0.6) is 0 Å². The van der Waals surface area contributed by atoms with E-state index in [4.69, 9.17) is 18.9 Å². The molecular formula is C12H18O8Zn. The van der Waals surface area contributed by atoms with Crippen molar-refractivity contribution >= 4 is 11.9 Å². The summed E-state index contributed by atoms with van der Waals surface area (Å²) in [6.45, 7) is 6.81. The van der Waals surface area contributed by atoms with Crippen molar-refractivity contribution in [1.29, 1.82) is 0 Å². The van der Waals surface area contributed by atoms with Gasteiger partial charge >= 0.3 is 19.5 Å². The summed E-state index contributed by atoms with van der Waals surface area (Å²) in [5.74, 6) is -3.98. The molecule has 0 aromatic heterocycles. The van der Waals surface area contributed by atoms with E-state index in [-0.39, 0.29) is 32.7 Å². The zero-order chi connectivity index (χ0) is 15.6. The van der Waals surface area contributed by atoms with Crippen molar-refractivity contribution in [2.24, 2.45) is 0 Å². The molecule has 0 aromatic carbocycles. The van der Waals surface area contributed by atoms with Gasteiger partial charge in [-0.1, -0.05) is 0 Å². The third-order valence-corrected chi connectivity index (χ3v) is 2.54. The minimum absolute atomic E-state index is 0. The Hall–Kier alpha value is -0.597. The molecule has 2 unspecified atom stereocenters. The second-order valence-corrected chi connectivity index (χ2v) is 5.27. The Kier molecular flexibility index (Phi) is 7.39. The molecule has 2 aliphatic heterocycles. The number of hydrogen-bond acceptors (Lipinski definition) is 8. The van der Waals surface area contributed by atoms with Crippen LogP contribution in [0, 0.1) is 0 Å². The maximum Gasteiger partial charge on any atom is 2.00 e. The number of ether oxygens (including phenoxy) is 4. The Morgan fingerprint density at radius 1 is 0.857 bits per heavy atom. The molecule has 8 nitrogen and oxygen atoms in total. The quantitative estimate of drug-likeness (QED) is 0.511. The normalized spacial score (nSPS) is 29.0. The van der Waals surface area contributed by atoms with E-state index in [0.717, 1.165) is 0 Å². The summed E-state index contributed by atoms with van der Waals surface area (Å²) in [4.78, 5) is 20.3. The minimum atomic E-state index is -1.22. The van der Waals surface area contributed by atoms with Crippen molar-refractivity contribution in [1.82, 2.24) is 0 Å². The Labute approximate surface area is 135 Å². The molecule has 2 aliphatic rings. The number of carboxylic acid groups (broad SMARTS) is 2. The summed E-state index contributed by atoms with van der Waals surface area (Å²) >= 11 is 0. The van der Waals surface area contributed by atoms with Crippen LogP contribution in [0.15, 0.2) is 0 Å². The number of rotatable bonds is 2. The van der Waals surface area contributed by atoms with Crippen LogP contribution in [-0.4, -0.2) is 48.9 Å². The van der Waals surface area contributed by atoms with E-state index in [0.29, 0.717) is 0 Å². The van der Waals surface area contributed by atoms with E-state index in [1.54, 1.807) is 27.7 Å². The summed E-state index contributed by atoms with van der Waals surface area (Å²) in [6, 6.07) is 0. The van der Waals surface area contributed by atoms with Gasteiger partial charge in [0, 0.05) is 0 Å². The standard InChI is InChI=1S/2C6H10O4.Zn/c2*1-6(2)9-3-4(10-6)5(7)8;/h2*4H,3H2,1-2H3,(H,7,8);/q;;+2/p-2. The summed E-state index contributed by atoms with van der Waals surface area (Å²) < 4.78 is 19.8. The molecule has 0 saturated carbocycles. The molecule has 0 N–H and O–H groups in total. The maximum absolute atomic E-state index is 10.2. The van der Waals surface area contributed by atoms with Gasteiger partial charge in [-0.2, -0.15) is 0 Å². The molecule has 0 aliphatic carbocycles.